The van der Waals surface area contributed by atoms with Crippen LogP contribution in [0.15, 0.2) is 11.5 Å². The summed E-state index contributed by atoms with van der Waals surface area (Å²) in [6.45, 7) is 5.82. The largest absolute Gasteiger partial charge is 0.510 e. The molecule has 1 amide bonds. The van der Waals surface area contributed by atoms with Gasteiger partial charge in [-0.15, -0.1) is 0 Å². The van der Waals surface area contributed by atoms with Gasteiger partial charge in [-0.3, -0.25) is 4.79 Å². The van der Waals surface area contributed by atoms with E-state index < -0.39 is 5.97 Å². The minimum atomic E-state index is -1.24. The van der Waals surface area contributed by atoms with E-state index in [1.54, 1.807) is 6.92 Å². The number of amides is 1. The fourth-order valence-corrected chi connectivity index (χ4v) is 3.54. The van der Waals surface area contributed by atoms with Gasteiger partial charge >= 0.3 is 5.97 Å². The molecule has 120 valence electrons. The van der Waals surface area contributed by atoms with Gasteiger partial charge in [-0.25, -0.2) is 4.79 Å². The highest BCUT2D eigenvalue weighted by atomic mass is 16.4. The second-order valence-electron chi connectivity index (χ2n) is 5.72. The van der Waals surface area contributed by atoms with Crippen LogP contribution in [0.5, 0.6) is 0 Å². The molecule has 0 bridgehead atoms. The van der Waals surface area contributed by atoms with E-state index in [9.17, 15) is 19.8 Å². The average Bonchev–Trinajstić information content (AvgIpc) is 2.50. The number of carbonyl (C=O) groups is 2. The number of carboxylic acid groups (broad SMARTS) is 1. The van der Waals surface area contributed by atoms with E-state index in [0.29, 0.717) is 6.41 Å². The highest BCUT2D eigenvalue weighted by molar-refractivity contribution is 5.89. The van der Waals surface area contributed by atoms with E-state index in [1.165, 1.54) is 4.90 Å². The molecule has 0 spiro atoms. The second kappa shape index (κ2) is 8.05. The van der Waals surface area contributed by atoms with E-state index in [1.807, 2.05) is 0 Å². The average molecular weight is 297 g/mol. The van der Waals surface area contributed by atoms with Crippen molar-refractivity contribution < 1.29 is 19.8 Å². The number of aliphatic hydroxyl groups excluding tert-OH is 1. The van der Waals surface area contributed by atoms with E-state index in [4.69, 9.17) is 0 Å². The van der Waals surface area contributed by atoms with Gasteiger partial charge in [-0.2, -0.15) is 0 Å². The fraction of sp³-hybridized carbons (Fsp3) is 0.750. The third-order valence-corrected chi connectivity index (χ3v) is 4.67. The number of rotatable bonds is 7. The first-order valence-corrected chi connectivity index (χ1v) is 7.90. The van der Waals surface area contributed by atoms with Crippen LogP contribution in [0.2, 0.25) is 0 Å². The van der Waals surface area contributed by atoms with Crippen LogP contribution >= 0.6 is 0 Å². The number of nitrogens with zero attached hydrogens (tertiary/aromatic N) is 1. The third-order valence-electron chi connectivity index (χ3n) is 4.67. The van der Waals surface area contributed by atoms with Crippen molar-refractivity contribution in [1.82, 2.24) is 4.90 Å². The molecule has 2 atom stereocenters. The summed E-state index contributed by atoms with van der Waals surface area (Å²) >= 11 is 0. The van der Waals surface area contributed by atoms with Gasteiger partial charge < -0.3 is 15.1 Å². The molecule has 1 fully saturated rings. The lowest BCUT2D eigenvalue weighted by Crippen LogP contribution is -2.48. The van der Waals surface area contributed by atoms with Gasteiger partial charge in [-0.05, 0) is 24.7 Å². The molecule has 0 aromatic rings. The number of hydrogen-bond acceptors (Lipinski definition) is 3. The van der Waals surface area contributed by atoms with Gasteiger partial charge in [-0.1, -0.05) is 40.0 Å². The monoisotopic (exact) mass is 297 g/mol. The Morgan fingerprint density at radius 3 is 2.00 bits per heavy atom. The van der Waals surface area contributed by atoms with Gasteiger partial charge in [0.05, 0.1) is 0 Å². The third kappa shape index (κ3) is 3.77. The molecule has 0 aromatic carbocycles. The number of aliphatic carboxylic acids is 1. The molecular formula is C16H27NO4. The lowest BCUT2D eigenvalue weighted by atomic mass is 9.73. The Balaban J connectivity index is 3.25. The summed E-state index contributed by atoms with van der Waals surface area (Å²) in [4.78, 5) is 24.4. The maximum Gasteiger partial charge on any atom is 0.356 e. The van der Waals surface area contributed by atoms with Crippen molar-refractivity contribution in [3.05, 3.63) is 11.5 Å². The Morgan fingerprint density at radius 1 is 1.14 bits per heavy atom. The Kier molecular flexibility index (Phi) is 6.72. The molecule has 1 saturated carbocycles. The smallest absolute Gasteiger partial charge is 0.356 e. The molecule has 1 aliphatic rings. The van der Waals surface area contributed by atoms with Crippen molar-refractivity contribution in [3.8, 4) is 0 Å². The zero-order chi connectivity index (χ0) is 16.0. The van der Waals surface area contributed by atoms with E-state index in [0.717, 1.165) is 32.1 Å². The SMILES string of the molecule is CCC(O)=C(C(=O)O)N(C=O)C1C(CC)CCCC1CC. The first-order chi connectivity index (χ1) is 10.0. The summed E-state index contributed by atoms with van der Waals surface area (Å²) in [5.41, 5.74) is -0.253. The summed E-state index contributed by atoms with van der Waals surface area (Å²) in [6.07, 6.45) is 5.72. The number of carbonyl (C=O) groups excluding carboxylic acids is 1. The maximum atomic E-state index is 11.6. The predicted molar refractivity (Wildman–Crippen MR) is 80.7 cm³/mol. The van der Waals surface area contributed by atoms with Crippen LogP contribution in [0.1, 0.15) is 59.3 Å². The van der Waals surface area contributed by atoms with Crippen molar-refractivity contribution in [2.45, 2.75) is 65.3 Å². The first-order valence-electron chi connectivity index (χ1n) is 7.90. The normalized spacial score (nSPS) is 26.9. The summed E-state index contributed by atoms with van der Waals surface area (Å²) in [5, 5.41) is 19.3. The van der Waals surface area contributed by atoms with Crippen molar-refractivity contribution in [1.29, 1.82) is 0 Å². The van der Waals surface area contributed by atoms with Crippen LogP contribution in [0.3, 0.4) is 0 Å². The molecule has 2 unspecified atom stereocenters. The standard InChI is InChI=1S/C16H27NO4/c1-4-11-8-7-9-12(5-2)14(11)17(10-18)15(16(20)21)13(19)6-3/h10-12,14,19H,4-9H2,1-3H3,(H,20,21). The summed E-state index contributed by atoms with van der Waals surface area (Å²) < 4.78 is 0. The predicted octanol–water partition coefficient (Wildman–Crippen LogP) is 3.31. The zero-order valence-corrected chi connectivity index (χ0v) is 13.2. The Labute approximate surface area is 126 Å². The number of allylic oxidation sites excluding steroid dienone is 1. The highest BCUT2D eigenvalue weighted by Crippen LogP contribution is 2.38. The van der Waals surface area contributed by atoms with E-state index >= 15 is 0 Å². The van der Waals surface area contributed by atoms with Gasteiger partial charge in [0, 0.05) is 12.5 Å². The van der Waals surface area contributed by atoms with Crippen LogP contribution in [0.25, 0.3) is 0 Å². The molecule has 5 heteroatoms. The minimum Gasteiger partial charge on any atom is -0.510 e. The van der Waals surface area contributed by atoms with Crippen molar-refractivity contribution in [2.75, 3.05) is 0 Å². The minimum absolute atomic E-state index is 0.133. The van der Waals surface area contributed by atoms with Gasteiger partial charge in [0.2, 0.25) is 6.41 Å². The summed E-state index contributed by atoms with van der Waals surface area (Å²) in [6, 6.07) is -0.133. The lowest BCUT2D eigenvalue weighted by molar-refractivity contribution is -0.139. The molecule has 5 nitrogen and oxygen atoms in total. The highest BCUT2D eigenvalue weighted by Gasteiger charge is 2.39. The molecule has 0 heterocycles. The second-order valence-corrected chi connectivity index (χ2v) is 5.72. The van der Waals surface area contributed by atoms with Gasteiger partial charge in [0.15, 0.2) is 5.70 Å². The van der Waals surface area contributed by atoms with E-state index in [2.05, 4.69) is 13.8 Å². The van der Waals surface area contributed by atoms with Crippen LogP contribution < -0.4 is 0 Å². The fourth-order valence-electron chi connectivity index (χ4n) is 3.54. The Hall–Kier alpha value is -1.52. The quantitative estimate of drug-likeness (QED) is 0.429. The Bertz CT molecular complexity index is 393. The number of aliphatic hydroxyl groups is 1. The van der Waals surface area contributed by atoms with Crippen LogP contribution in [0.4, 0.5) is 0 Å². The van der Waals surface area contributed by atoms with Gasteiger partial charge in [0.1, 0.15) is 5.76 Å². The van der Waals surface area contributed by atoms with Crippen LogP contribution in [0, 0.1) is 11.8 Å². The lowest BCUT2D eigenvalue weighted by Gasteiger charge is -2.43. The number of hydrogen-bond donors (Lipinski definition) is 2. The van der Waals surface area contributed by atoms with Gasteiger partial charge in [0.25, 0.3) is 0 Å². The molecule has 1 rings (SSSR count). The first kappa shape index (κ1) is 17.5. The molecule has 0 saturated heterocycles. The van der Waals surface area contributed by atoms with Crippen LogP contribution in [-0.2, 0) is 9.59 Å². The molecule has 0 aliphatic heterocycles. The maximum absolute atomic E-state index is 11.6. The summed E-state index contributed by atoms with van der Waals surface area (Å²) in [5.74, 6) is -0.901. The molecule has 1 aliphatic carbocycles. The van der Waals surface area contributed by atoms with Crippen molar-refractivity contribution in [3.63, 3.8) is 0 Å². The Morgan fingerprint density at radius 2 is 1.67 bits per heavy atom. The van der Waals surface area contributed by atoms with Crippen molar-refractivity contribution in [2.24, 2.45) is 11.8 Å². The number of carboxylic acids is 1. The topological polar surface area (TPSA) is 77.8 Å². The molecule has 2 N–H and O–H groups in total. The van der Waals surface area contributed by atoms with Crippen molar-refractivity contribution >= 4 is 12.4 Å². The molecule has 0 radical (unpaired) electrons. The summed E-state index contributed by atoms with van der Waals surface area (Å²) in [7, 11) is 0. The molecule has 0 aromatic heterocycles. The van der Waals surface area contributed by atoms with Crippen LogP contribution in [-0.4, -0.2) is 33.5 Å². The molecule has 21 heavy (non-hydrogen) atoms. The molecular weight excluding hydrogens is 270 g/mol. The van der Waals surface area contributed by atoms with E-state index in [-0.39, 0.29) is 35.8 Å². The zero-order valence-electron chi connectivity index (χ0n) is 13.2.